The first-order valence-corrected chi connectivity index (χ1v) is 14.8. The van der Waals surface area contributed by atoms with Crippen LogP contribution in [0.2, 0.25) is 0 Å². The zero-order chi connectivity index (χ0) is 30.6. The summed E-state index contributed by atoms with van der Waals surface area (Å²) in [6.45, 7) is 0.229. The van der Waals surface area contributed by atoms with E-state index in [1.807, 2.05) is 66.7 Å². The molecule has 0 saturated carbocycles. The lowest BCUT2D eigenvalue weighted by atomic mass is 9.90. The smallest absolute Gasteiger partial charge is 0.254 e. The molecule has 222 valence electrons. The lowest BCUT2D eigenvalue weighted by Crippen LogP contribution is -2.54. The van der Waals surface area contributed by atoms with Gasteiger partial charge in [-0.1, -0.05) is 91.0 Å². The minimum atomic E-state index is -0.979. The molecule has 6 rings (SSSR count). The number of ketones is 1. The van der Waals surface area contributed by atoms with Gasteiger partial charge in [-0.2, -0.15) is 0 Å². The number of carbonyl (C=O) groups excluding carboxylic acids is 4. The van der Waals surface area contributed by atoms with Crippen LogP contribution in [0.4, 0.5) is 0 Å². The molecule has 4 aromatic rings. The second kappa shape index (κ2) is 12.6. The van der Waals surface area contributed by atoms with E-state index in [1.54, 1.807) is 41.3 Å². The van der Waals surface area contributed by atoms with Gasteiger partial charge in [-0.15, -0.1) is 0 Å². The highest BCUT2D eigenvalue weighted by Gasteiger charge is 2.52. The number of phenols is 1. The Kier molecular flexibility index (Phi) is 8.23. The molecule has 0 aliphatic carbocycles. The topological polar surface area (TPSA) is 107 Å². The standard InChI is InChI=1S/C36H33N3O5/c40-28-18-16-24(17-19-28)22-29(37-34(42)32(25-10-4-1-5-11-25)26-12-6-2-7-13-26)36(44)38-21-20-30-33(38)31(41)23-39(30)35(43)27-14-8-3-9-15-27/h1-19,29-30,32-33,40H,20-23H2,(H,37,42)/t29-,30?,33-/m0/s1. The van der Waals surface area contributed by atoms with E-state index in [9.17, 15) is 24.3 Å². The number of hydrogen-bond acceptors (Lipinski definition) is 5. The van der Waals surface area contributed by atoms with Gasteiger partial charge in [0.25, 0.3) is 5.91 Å². The molecule has 8 heteroatoms. The van der Waals surface area contributed by atoms with Gasteiger partial charge in [0.15, 0.2) is 5.78 Å². The van der Waals surface area contributed by atoms with Crippen LogP contribution in [0.3, 0.4) is 0 Å². The molecule has 0 spiro atoms. The van der Waals surface area contributed by atoms with E-state index in [4.69, 9.17) is 0 Å². The van der Waals surface area contributed by atoms with Crippen LogP contribution < -0.4 is 5.32 Å². The number of likely N-dealkylation sites (tertiary alicyclic amines) is 2. The first-order chi connectivity index (χ1) is 21.4. The number of benzene rings is 4. The predicted octanol–water partition coefficient (Wildman–Crippen LogP) is 3.95. The van der Waals surface area contributed by atoms with E-state index in [2.05, 4.69) is 5.32 Å². The summed E-state index contributed by atoms with van der Waals surface area (Å²) < 4.78 is 0. The number of nitrogens with zero attached hydrogens (tertiary/aromatic N) is 2. The lowest BCUT2D eigenvalue weighted by molar-refractivity contribution is -0.140. The fraction of sp³-hybridized carbons (Fsp3) is 0.222. The van der Waals surface area contributed by atoms with Gasteiger partial charge in [-0.05, 0) is 47.4 Å². The number of carbonyl (C=O) groups is 4. The van der Waals surface area contributed by atoms with Gasteiger partial charge in [0, 0.05) is 18.5 Å². The molecule has 2 heterocycles. The zero-order valence-electron chi connectivity index (χ0n) is 24.1. The van der Waals surface area contributed by atoms with Crippen LogP contribution in [0.5, 0.6) is 5.75 Å². The van der Waals surface area contributed by atoms with Crippen molar-refractivity contribution in [1.29, 1.82) is 0 Å². The van der Waals surface area contributed by atoms with Gasteiger partial charge in [-0.3, -0.25) is 19.2 Å². The molecule has 1 unspecified atom stereocenters. The average molecular weight is 588 g/mol. The molecule has 3 atom stereocenters. The van der Waals surface area contributed by atoms with Gasteiger partial charge < -0.3 is 20.2 Å². The summed E-state index contributed by atoms with van der Waals surface area (Å²) in [6, 6.07) is 31.9. The normalized spacial score (nSPS) is 18.2. The first kappa shape index (κ1) is 28.9. The third-order valence-corrected chi connectivity index (χ3v) is 8.51. The first-order valence-electron chi connectivity index (χ1n) is 14.8. The summed E-state index contributed by atoms with van der Waals surface area (Å²) in [5.74, 6) is -1.70. The van der Waals surface area contributed by atoms with Gasteiger partial charge in [-0.25, -0.2) is 0 Å². The Morgan fingerprint density at radius 2 is 1.34 bits per heavy atom. The summed E-state index contributed by atoms with van der Waals surface area (Å²) in [4.78, 5) is 58.1. The van der Waals surface area contributed by atoms with Crippen molar-refractivity contribution in [3.8, 4) is 5.75 Å². The molecule has 0 bridgehead atoms. The highest BCUT2D eigenvalue weighted by Crippen LogP contribution is 2.32. The summed E-state index contributed by atoms with van der Waals surface area (Å²) in [5.41, 5.74) is 2.81. The SMILES string of the molecule is O=C(N[C@@H](Cc1ccc(O)cc1)C(=O)N1CCC2[C@H]1C(=O)CN2C(=O)c1ccccc1)C(c1ccccc1)c1ccccc1. The third-order valence-electron chi connectivity index (χ3n) is 8.51. The van der Waals surface area contributed by atoms with E-state index >= 15 is 0 Å². The zero-order valence-corrected chi connectivity index (χ0v) is 24.1. The van der Waals surface area contributed by atoms with Crippen LogP contribution >= 0.6 is 0 Å². The number of nitrogens with one attached hydrogen (secondary N) is 1. The molecule has 0 aromatic heterocycles. The maximum absolute atomic E-state index is 14.3. The van der Waals surface area contributed by atoms with Gasteiger partial charge in [0.2, 0.25) is 11.8 Å². The minimum absolute atomic E-state index is 0.0636. The van der Waals surface area contributed by atoms with Crippen molar-refractivity contribution in [2.24, 2.45) is 0 Å². The number of rotatable bonds is 8. The van der Waals surface area contributed by atoms with E-state index < -0.39 is 24.0 Å². The Bertz CT molecular complexity index is 1600. The summed E-state index contributed by atoms with van der Waals surface area (Å²) >= 11 is 0. The molecular formula is C36H33N3O5. The highest BCUT2D eigenvalue weighted by atomic mass is 16.3. The molecule has 2 saturated heterocycles. The maximum Gasteiger partial charge on any atom is 0.254 e. The van der Waals surface area contributed by atoms with E-state index in [-0.39, 0.29) is 42.2 Å². The van der Waals surface area contributed by atoms with Crippen molar-refractivity contribution in [3.05, 3.63) is 138 Å². The number of fused-ring (bicyclic) bond motifs is 1. The van der Waals surface area contributed by atoms with Crippen LogP contribution in [-0.4, -0.2) is 69.6 Å². The third kappa shape index (κ3) is 5.83. The Hall–Kier alpha value is -5.24. The Morgan fingerprint density at radius 3 is 1.93 bits per heavy atom. The number of amides is 3. The summed E-state index contributed by atoms with van der Waals surface area (Å²) in [7, 11) is 0. The Labute approximate surface area is 255 Å². The Morgan fingerprint density at radius 1 is 0.773 bits per heavy atom. The fourth-order valence-corrected chi connectivity index (χ4v) is 6.39. The van der Waals surface area contributed by atoms with E-state index in [0.29, 0.717) is 18.5 Å². The van der Waals surface area contributed by atoms with Crippen molar-refractivity contribution in [2.45, 2.75) is 36.9 Å². The van der Waals surface area contributed by atoms with Crippen molar-refractivity contribution >= 4 is 23.5 Å². The lowest BCUT2D eigenvalue weighted by Gasteiger charge is -2.29. The predicted molar refractivity (Wildman–Crippen MR) is 165 cm³/mol. The molecule has 0 radical (unpaired) electrons. The molecule has 8 nitrogen and oxygen atoms in total. The van der Waals surface area contributed by atoms with Crippen molar-refractivity contribution in [3.63, 3.8) is 0 Å². The van der Waals surface area contributed by atoms with Crippen molar-refractivity contribution in [2.75, 3.05) is 13.1 Å². The number of Topliss-reactive ketones (excluding diaryl/α,β-unsaturated/α-hetero) is 1. The second-order valence-electron chi connectivity index (χ2n) is 11.3. The summed E-state index contributed by atoms with van der Waals surface area (Å²) in [6.07, 6.45) is 0.632. The van der Waals surface area contributed by atoms with Crippen LogP contribution in [0.1, 0.15) is 39.4 Å². The van der Waals surface area contributed by atoms with Gasteiger partial charge in [0.05, 0.1) is 18.5 Å². The summed E-state index contributed by atoms with van der Waals surface area (Å²) in [5, 5.41) is 12.8. The Balaban J connectivity index is 1.28. The molecule has 4 aromatic carbocycles. The molecule has 2 fully saturated rings. The fourth-order valence-electron chi connectivity index (χ4n) is 6.39. The van der Waals surface area contributed by atoms with Crippen molar-refractivity contribution < 1.29 is 24.3 Å². The number of hydrogen-bond donors (Lipinski definition) is 2. The van der Waals surface area contributed by atoms with Crippen LogP contribution in [-0.2, 0) is 20.8 Å². The second-order valence-corrected chi connectivity index (χ2v) is 11.3. The molecule has 2 N–H and O–H groups in total. The maximum atomic E-state index is 14.3. The average Bonchev–Trinajstić information content (AvgIpc) is 3.64. The van der Waals surface area contributed by atoms with E-state index in [0.717, 1.165) is 16.7 Å². The van der Waals surface area contributed by atoms with Crippen LogP contribution in [0.15, 0.2) is 115 Å². The number of aromatic hydroxyl groups is 1. The van der Waals surface area contributed by atoms with E-state index in [1.165, 1.54) is 17.0 Å². The molecular weight excluding hydrogens is 554 g/mol. The monoisotopic (exact) mass is 587 g/mol. The minimum Gasteiger partial charge on any atom is -0.508 e. The largest absolute Gasteiger partial charge is 0.508 e. The molecule has 2 aliphatic rings. The quantitative estimate of drug-likeness (QED) is 0.325. The van der Waals surface area contributed by atoms with Crippen LogP contribution in [0.25, 0.3) is 0 Å². The van der Waals surface area contributed by atoms with Crippen molar-refractivity contribution in [1.82, 2.24) is 15.1 Å². The van der Waals surface area contributed by atoms with Crippen LogP contribution in [0, 0.1) is 0 Å². The number of phenolic OH excluding ortho intramolecular Hbond substituents is 1. The van der Waals surface area contributed by atoms with Gasteiger partial charge >= 0.3 is 0 Å². The highest BCUT2D eigenvalue weighted by molar-refractivity contribution is 6.03. The van der Waals surface area contributed by atoms with Gasteiger partial charge in [0.1, 0.15) is 17.8 Å². The molecule has 44 heavy (non-hydrogen) atoms. The molecule has 3 amide bonds. The molecule has 2 aliphatic heterocycles.